The highest BCUT2D eigenvalue weighted by molar-refractivity contribution is 6.32. The average molecular weight is 370 g/mol. The minimum atomic E-state index is -0.783. The van der Waals surface area contributed by atoms with E-state index in [1.54, 1.807) is 0 Å². The third-order valence-corrected chi connectivity index (χ3v) is 3.22. The van der Waals surface area contributed by atoms with Crippen LogP contribution in [-0.4, -0.2) is 22.4 Å². The second-order valence-electron chi connectivity index (χ2n) is 4.63. The van der Waals surface area contributed by atoms with Crippen molar-refractivity contribution < 1.29 is 23.8 Å². The Labute approximate surface area is 144 Å². The normalized spacial score (nSPS) is 10.2. The predicted octanol–water partition coefficient (Wildman–Crippen LogP) is 3.31. The Morgan fingerprint density at radius 1 is 1.12 bits per heavy atom. The van der Waals surface area contributed by atoms with Gasteiger partial charge in [-0.25, -0.2) is 4.39 Å². The van der Waals surface area contributed by atoms with Crippen molar-refractivity contribution in [3.8, 4) is 5.75 Å². The molecule has 0 atom stereocenters. The van der Waals surface area contributed by atoms with Gasteiger partial charge in [-0.3, -0.25) is 25.0 Å². The minimum absolute atomic E-state index is 0.0819. The maximum absolute atomic E-state index is 13.2. The largest absolute Gasteiger partial charge is 0.477 e. The molecular formula is C14H9ClFN3O6. The summed E-state index contributed by atoms with van der Waals surface area (Å²) in [4.78, 5) is 31.9. The third-order valence-electron chi connectivity index (χ3n) is 2.90. The van der Waals surface area contributed by atoms with E-state index < -0.39 is 45.3 Å². The fourth-order valence-electron chi connectivity index (χ4n) is 1.83. The first kappa shape index (κ1) is 18.1. The number of nitrogens with zero attached hydrogens (tertiary/aromatic N) is 2. The van der Waals surface area contributed by atoms with Gasteiger partial charge in [0.15, 0.2) is 6.61 Å². The van der Waals surface area contributed by atoms with Crippen LogP contribution in [0, 0.1) is 26.0 Å². The van der Waals surface area contributed by atoms with Crippen molar-refractivity contribution in [2.75, 3.05) is 11.9 Å². The summed E-state index contributed by atoms with van der Waals surface area (Å²) < 4.78 is 18.1. The highest BCUT2D eigenvalue weighted by Crippen LogP contribution is 2.28. The monoisotopic (exact) mass is 369 g/mol. The van der Waals surface area contributed by atoms with E-state index in [4.69, 9.17) is 16.3 Å². The van der Waals surface area contributed by atoms with Crippen molar-refractivity contribution in [2.45, 2.75) is 0 Å². The number of carbonyl (C=O) groups excluding carboxylic acids is 1. The Kier molecular flexibility index (Phi) is 5.45. The maximum Gasteiger partial charge on any atom is 0.311 e. The van der Waals surface area contributed by atoms with Crippen molar-refractivity contribution in [1.82, 2.24) is 0 Å². The number of nitrogens with one attached hydrogen (secondary N) is 1. The van der Waals surface area contributed by atoms with Crippen molar-refractivity contribution in [3.05, 3.63) is 67.5 Å². The van der Waals surface area contributed by atoms with E-state index in [0.717, 1.165) is 24.3 Å². The number of nitro benzene ring substituents is 2. The molecule has 11 heteroatoms. The number of rotatable bonds is 6. The van der Waals surface area contributed by atoms with Crippen LogP contribution in [0.15, 0.2) is 36.4 Å². The van der Waals surface area contributed by atoms with E-state index in [9.17, 15) is 29.4 Å². The van der Waals surface area contributed by atoms with Crippen LogP contribution in [-0.2, 0) is 4.79 Å². The number of hydrogen-bond acceptors (Lipinski definition) is 6. The summed E-state index contributed by atoms with van der Waals surface area (Å²) in [6.07, 6.45) is 0. The van der Waals surface area contributed by atoms with Crippen LogP contribution in [0.4, 0.5) is 21.5 Å². The molecule has 2 aromatic rings. The number of amides is 1. The molecule has 130 valence electrons. The van der Waals surface area contributed by atoms with Gasteiger partial charge in [-0.05, 0) is 18.2 Å². The zero-order valence-corrected chi connectivity index (χ0v) is 13.0. The molecule has 0 aliphatic rings. The van der Waals surface area contributed by atoms with Gasteiger partial charge in [0, 0.05) is 23.9 Å². The van der Waals surface area contributed by atoms with E-state index in [0.29, 0.717) is 0 Å². The molecule has 0 aromatic heterocycles. The molecule has 0 heterocycles. The van der Waals surface area contributed by atoms with Gasteiger partial charge < -0.3 is 10.1 Å². The smallest absolute Gasteiger partial charge is 0.311 e. The number of benzene rings is 2. The second kappa shape index (κ2) is 7.53. The van der Waals surface area contributed by atoms with Gasteiger partial charge in [-0.2, -0.15) is 0 Å². The highest BCUT2D eigenvalue weighted by atomic mass is 35.5. The summed E-state index contributed by atoms with van der Waals surface area (Å²) in [5, 5.41) is 23.8. The lowest BCUT2D eigenvalue weighted by atomic mass is 10.2. The number of halogens is 2. The van der Waals surface area contributed by atoms with Gasteiger partial charge in [0.2, 0.25) is 5.75 Å². The third kappa shape index (κ3) is 4.61. The summed E-state index contributed by atoms with van der Waals surface area (Å²) in [5.41, 5.74) is -0.823. The quantitative estimate of drug-likeness (QED) is 0.615. The average Bonchev–Trinajstić information content (AvgIpc) is 2.54. The molecule has 0 unspecified atom stereocenters. The van der Waals surface area contributed by atoms with Crippen molar-refractivity contribution in [2.24, 2.45) is 0 Å². The molecule has 0 saturated carbocycles. The zero-order valence-electron chi connectivity index (χ0n) is 12.3. The molecule has 0 aliphatic heterocycles. The Bertz CT molecular complexity index is 860. The van der Waals surface area contributed by atoms with Crippen LogP contribution in [0.1, 0.15) is 0 Å². The number of hydrogen-bond donors (Lipinski definition) is 1. The standard InChI is InChI=1S/C14H9ClFN3O6/c15-10-3-2-9(6-12(10)19(23)24)17-14(20)7-25-13-5-8(16)1-4-11(13)18(21)22/h1-6H,7H2,(H,17,20). The Balaban J connectivity index is 2.07. The molecule has 1 N–H and O–H groups in total. The Hall–Kier alpha value is -3.27. The van der Waals surface area contributed by atoms with E-state index in [1.807, 2.05) is 0 Å². The lowest BCUT2D eigenvalue weighted by Gasteiger charge is -2.08. The van der Waals surface area contributed by atoms with Crippen molar-refractivity contribution >= 4 is 34.6 Å². The molecule has 1 amide bonds. The first-order valence-electron chi connectivity index (χ1n) is 6.58. The fourth-order valence-corrected chi connectivity index (χ4v) is 2.01. The molecular weight excluding hydrogens is 361 g/mol. The van der Waals surface area contributed by atoms with Crippen LogP contribution >= 0.6 is 11.6 Å². The summed E-state index contributed by atoms with van der Waals surface area (Å²) in [5.74, 6) is -1.94. The van der Waals surface area contributed by atoms with Gasteiger partial charge >= 0.3 is 5.69 Å². The lowest BCUT2D eigenvalue weighted by molar-refractivity contribution is -0.385. The Morgan fingerprint density at radius 2 is 1.80 bits per heavy atom. The molecule has 0 fully saturated rings. The Morgan fingerprint density at radius 3 is 2.44 bits per heavy atom. The van der Waals surface area contributed by atoms with E-state index >= 15 is 0 Å². The molecule has 2 rings (SSSR count). The van der Waals surface area contributed by atoms with Gasteiger partial charge in [0.1, 0.15) is 10.8 Å². The highest BCUT2D eigenvalue weighted by Gasteiger charge is 2.18. The van der Waals surface area contributed by atoms with Gasteiger partial charge in [-0.1, -0.05) is 11.6 Å². The number of anilines is 1. The van der Waals surface area contributed by atoms with Crippen LogP contribution in [0.25, 0.3) is 0 Å². The number of carbonyl (C=O) groups is 1. The number of ether oxygens (including phenoxy) is 1. The summed E-state index contributed by atoms with van der Waals surface area (Å²) in [7, 11) is 0. The topological polar surface area (TPSA) is 125 Å². The van der Waals surface area contributed by atoms with Crippen molar-refractivity contribution in [1.29, 1.82) is 0 Å². The van der Waals surface area contributed by atoms with Gasteiger partial charge in [-0.15, -0.1) is 0 Å². The molecule has 0 aliphatic carbocycles. The van der Waals surface area contributed by atoms with Gasteiger partial charge in [0.25, 0.3) is 11.6 Å². The van der Waals surface area contributed by atoms with E-state index in [1.165, 1.54) is 12.1 Å². The molecule has 9 nitrogen and oxygen atoms in total. The predicted molar refractivity (Wildman–Crippen MR) is 85.3 cm³/mol. The molecule has 0 saturated heterocycles. The summed E-state index contributed by atoms with van der Waals surface area (Å²) >= 11 is 5.65. The molecule has 2 aromatic carbocycles. The molecule has 0 radical (unpaired) electrons. The maximum atomic E-state index is 13.2. The van der Waals surface area contributed by atoms with Gasteiger partial charge in [0.05, 0.1) is 9.85 Å². The molecule has 0 bridgehead atoms. The lowest BCUT2D eigenvalue weighted by Crippen LogP contribution is -2.20. The van der Waals surface area contributed by atoms with Crippen LogP contribution in [0.3, 0.4) is 0 Å². The first-order valence-corrected chi connectivity index (χ1v) is 6.96. The summed E-state index contributed by atoms with van der Waals surface area (Å²) in [6.45, 7) is -0.666. The molecule has 0 spiro atoms. The summed E-state index contributed by atoms with van der Waals surface area (Å²) in [6, 6.07) is 6.18. The zero-order chi connectivity index (χ0) is 18.6. The van der Waals surface area contributed by atoms with Crippen LogP contribution < -0.4 is 10.1 Å². The van der Waals surface area contributed by atoms with E-state index in [-0.39, 0.29) is 10.7 Å². The fraction of sp³-hybridized carbons (Fsp3) is 0.0714. The van der Waals surface area contributed by atoms with E-state index in [2.05, 4.69) is 5.32 Å². The van der Waals surface area contributed by atoms with Crippen LogP contribution in [0.5, 0.6) is 5.75 Å². The molecule has 25 heavy (non-hydrogen) atoms. The van der Waals surface area contributed by atoms with Crippen LogP contribution in [0.2, 0.25) is 5.02 Å². The van der Waals surface area contributed by atoms with Crippen molar-refractivity contribution in [3.63, 3.8) is 0 Å². The number of nitro groups is 2. The first-order chi connectivity index (χ1) is 11.8. The second-order valence-corrected chi connectivity index (χ2v) is 5.04. The minimum Gasteiger partial charge on any atom is -0.477 e. The SMILES string of the molecule is O=C(COc1cc(F)ccc1[N+](=O)[O-])Nc1ccc(Cl)c([N+](=O)[O-])c1.